The van der Waals surface area contributed by atoms with Gasteiger partial charge in [-0.25, -0.2) is 22.2 Å². The molecule has 1 aromatic carbocycles. The van der Waals surface area contributed by atoms with Gasteiger partial charge in [-0.05, 0) is 77.4 Å². The Kier molecular flexibility index (Phi) is 9.11. The first-order chi connectivity index (χ1) is 19.5. The second-order valence-corrected chi connectivity index (χ2v) is 12.9. The van der Waals surface area contributed by atoms with Crippen LogP contribution in [0.3, 0.4) is 0 Å². The lowest BCUT2D eigenvalue weighted by Crippen LogP contribution is -2.36. The van der Waals surface area contributed by atoms with Crippen molar-refractivity contribution >= 4 is 32.7 Å². The van der Waals surface area contributed by atoms with Crippen molar-refractivity contribution in [3.63, 3.8) is 0 Å². The number of fused-ring (bicyclic) bond motifs is 1. The third-order valence-electron chi connectivity index (χ3n) is 7.31. The lowest BCUT2D eigenvalue weighted by atomic mass is 9.91. The van der Waals surface area contributed by atoms with Crippen LogP contribution >= 0.6 is 0 Å². The van der Waals surface area contributed by atoms with Gasteiger partial charge in [0, 0.05) is 35.3 Å². The molecule has 9 nitrogen and oxygen atoms in total. The van der Waals surface area contributed by atoms with Crippen molar-refractivity contribution < 1.29 is 30.4 Å². The van der Waals surface area contributed by atoms with Crippen LogP contribution in [-0.4, -0.2) is 66.0 Å². The van der Waals surface area contributed by atoms with Crippen molar-refractivity contribution in [2.45, 2.75) is 70.3 Å². The molecule has 1 fully saturated rings. The first kappa shape index (κ1) is 31.6. The zero-order valence-electron chi connectivity index (χ0n) is 23.6. The Hall–Kier alpha value is -3.33. The van der Waals surface area contributed by atoms with E-state index in [0.717, 1.165) is 37.8 Å². The molecule has 15 heteroatoms. The van der Waals surface area contributed by atoms with Crippen molar-refractivity contribution in [1.29, 1.82) is 0 Å². The number of benzene rings is 1. The average molecular weight is 617 g/mol. The van der Waals surface area contributed by atoms with Crippen LogP contribution in [0.4, 0.5) is 33.6 Å². The largest absolute Gasteiger partial charge is 0.390 e. The minimum absolute atomic E-state index is 0.0909. The maximum Gasteiger partial charge on any atom is 0.390 e. The van der Waals surface area contributed by atoms with E-state index < -0.39 is 57.3 Å². The van der Waals surface area contributed by atoms with Gasteiger partial charge in [0.25, 0.3) is 5.56 Å². The fourth-order valence-corrected chi connectivity index (χ4v) is 6.19. The highest BCUT2D eigenvalue weighted by atomic mass is 32.2. The molecule has 3 aromatic rings. The summed E-state index contributed by atoms with van der Waals surface area (Å²) < 4.78 is 94.1. The second kappa shape index (κ2) is 12.1. The first-order valence-corrected chi connectivity index (χ1v) is 15.1. The Morgan fingerprint density at radius 3 is 2.24 bits per heavy atom. The molecule has 1 aliphatic carbocycles. The molecule has 0 radical (unpaired) electrons. The Morgan fingerprint density at radius 1 is 1.07 bits per heavy atom. The molecule has 0 unspecified atom stereocenters. The van der Waals surface area contributed by atoms with E-state index in [2.05, 4.69) is 34.3 Å². The van der Waals surface area contributed by atoms with E-state index in [1.54, 1.807) is 13.8 Å². The zero-order valence-corrected chi connectivity index (χ0v) is 24.4. The molecule has 2 heterocycles. The van der Waals surface area contributed by atoms with Gasteiger partial charge in [-0.3, -0.25) is 14.1 Å². The summed E-state index contributed by atoms with van der Waals surface area (Å²) in [5.41, 5.74) is -1.68. The van der Waals surface area contributed by atoms with E-state index in [-0.39, 0.29) is 17.2 Å². The summed E-state index contributed by atoms with van der Waals surface area (Å²) in [6.07, 6.45) is -1.02. The summed E-state index contributed by atoms with van der Waals surface area (Å²) in [6.45, 7) is 3.50. The second-order valence-electron chi connectivity index (χ2n) is 11.0. The van der Waals surface area contributed by atoms with Crippen molar-refractivity contribution in [2.75, 3.05) is 29.9 Å². The first-order valence-electron chi connectivity index (χ1n) is 13.5. The van der Waals surface area contributed by atoms with Gasteiger partial charge in [-0.15, -0.1) is 0 Å². The molecule has 1 aliphatic rings. The quantitative estimate of drug-likeness (QED) is 0.314. The summed E-state index contributed by atoms with van der Waals surface area (Å²) >= 11 is 0. The fourth-order valence-electron chi connectivity index (χ4n) is 5.08. The van der Waals surface area contributed by atoms with Crippen LogP contribution in [0.1, 0.15) is 52.0 Å². The molecule has 0 amide bonds. The van der Waals surface area contributed by atoms with Crippen LogP contribution in [-0.2, 0) is 10.0 Å². The Labute approximate surface area is 240 Å². The van der Waals surface area contributed by atoms with Crippen LogP contribution in [0.5, 0.6) is 0 Å². The highest BCUT2D eigenvalue weighted by molar-refractivity contribution is 7.92. The third kappa shape index (κ3) is 7.35. The number of aromatic nitrogens is 3. The molecule has 0 aliphatic heterocycles. The monoisotopic (exact) mass is 616 g/mol. The normalized spacial score (nSPS) is 18.2. The van der Waals surface area contributed by atoms with Gasteiger partial charge in [-0.1, -0.05) is 0 Å². The van der Waals surface area contributed by atoms with Gasteiger partial charge in [0.1, 0.15) is 11.3 Å². The third-order valence-corrected chi connectivity index (χ3v) is 8.57. The molecule has 230 valence electrons. The molecule has 2 N–H and O–H groups in total. The molecule has 1 saturated carbocycles. The topological polar surface area (TPSA) is 109 Å². The van der Waals surface area contributed by atoms with Gasteiger partial charge in [0.05, 0.1) is 12.2 Å². The lowest BCUT2D eigenvalue weighted by Gasteiger charge is -2.33. The molecule has 2 aromatic heterocycles. The number of halogens is 5. The number of rotatable bonds is 9. The average Bonchev–Trinajstić information content (AvgIpc) is 2.89. The minimum atomic E-state index is -4.77. The molecule has 42 heavy (non-hydrogen) atoms. The number of alkyl halides is 3. The molecule has 0 atom stereocenters. The van der Waals surface area contributed by atoms with Crippen LogP contribution in [0, 0.1) is 11.6 Å². The fraction of sp³-hybridized carbons (Fsp3) is 0.519. The Balaban J connectivity index is 1.65. The molecular formula is C27H33F5N6O3S. The van der Waals surface area contributed by atoms with E-state index in [1.165, 1.54) is 21.6 Å². The predicted octanol–water partition coefficient (Wildman–Crippen LogP) is 5.30. The van der Waals surface area contributed by atoms with E-state index >= 15 is 0 Å². The highest BCUT2D eigenvalue weighted by Gasteiger charge is 2.31. The Bertz CT molecular complexity index is 1590. The van der Waals surface area contributed by atoms with E-state index in [1.807, 2.05) is 0 Å². The predicted molar refractivity (Wildman–Crippen MR) is 151 cm³/mol. The highest BCUT2D eigenvalue weighted by Crippen LogP contribution is 2.30. The van der Waals surface area contributed by atoms with Crippen LogP contribution in [0.2, 0.25) is 0 Å². The van der Waals surface area contributed by atoms with Crippen molar-refractivity contribution in [3.8, 4) is 11.1 Å². The van der Waals surface area contributed by atoms with Crippen molar-refractivity contribution in [1.82, 2.24) is 19.4 Å². The number of nitrogens with one attached hydrogen (secondary N) is 2. The zero-order chi connectivity index (χ0) is 31.0. The molecule has 4 rings (SSSR count). The molecule has 0 spiro atoms. The molecular weight excluding hydrogens is 583 g/mol. The van der Waals surface area contributed by atoms with Gasteiger partial charge in [0.2, 0.25) is 16.0 Å². The number of anilines is 2. The van der Waals surface area contributed by atoms with E-state index in [9.17, 15) is 35.2 Å². The summed E-state index contributed by atoms with van der Waals surface area (Å²) in [4.78, 5) is 24.7. The molecule has 0 saturated heterocycles. The van der Waals surface area contributed by atoms with Gasteiger partial charge < -0.3 is 10.2 Å². The molecule has 0 bridgehead atoms. The number of nitrogens with zero attached hydrogens (tertiary/aromatic N) is 4. The number of hydrogen-bond acceptors (Lipinski definition) is 7. The summed E-state index contributed by atoms with van der Waals surface area (Å²) in [5.74, 6) is -3.83. The summed E-state index contributed by atoms with van der Waals surface area (Å²) in [5, 5.41) is 3.78. The maximum atomic E-state index is 14.9. The van der Waals surface area contributed by atoms with Crippen LogP contribution < -0.4 is 15.6 Å². The smallest absolute Gasteiger partial charge is 0.351 e. The number of sulfonamides is 1. The number of pyridine rings is 1. The van der Waals surface area contributed by atoms with Gasteiger partial charge in [0.15, 0.2) is 11.6 Å². The standard InChI is InChI=1S/C27H33F5N6O3S/c1-15(2)38-24-17(14-33-26(35-24)34-18-5-7-19(8-6-18)37(3)4)11-20(25(38)39)16-12-21(28)23(22(29)13-16)36-42(40,41)10-9-27(30,31)32/h11-15,18-19,36H,5-10H2,1-4H3,(H,33,34,35). The summed E-state index contributed by atoms with van der Waals surface area (Å²) in [7, 11) is -0.585. The van der Waals surface area contributed by atoms with Crippen LogP contribution in [0.25, 0.3) is 22.2 Å². The van der Waals surface area contributed by atoms with Gasteiger partial charge in [-0.2, -0.15) is 18.2 Å². The SMILES string of the molecule is CC(C)n1c(=O)c(-c2cc(F)c(NS(=O)(=O)CCC(F)(F)F)c(F)c2)cc2cnc(NC3CCC(N(C)C)CC3)nc21. The minimum Gasteiger partial charge on any atom is -0.351 e. The van der Waals surface area contributed by atoms with E-state index in [0.29, 0.717) is 23.0 Å². The van der Waals surface area contributed by atoms with Crippen molar-refractivity contribution in [2.24, 2.45) is 0 Å². The number of hydrogen-bond donors (Lipinski definition) is 2. The van der Waals surface area contributed by atoms with Crippen LogP contribution in [0.15, 0.2) is 29.2 Å². The summed E-state index contributed by atoms with van der Waals surface area (Å²) in [6, 6.07) is 3.19. The van der Waals surface area contributed by atoms with Crippen molar-refractivity contribution in [3.05, 3.63) is 46.4 Å². The van der Waals surface area contributed by atoms with E-state index in [4.69, 9.17) is 0 Å². The Morgan fingerprint density at radius 2 is 1.69 bits per heavy atom. The lowest BCUT2D eigenvalue weighted by molar-refractivity contribution is -0.129. The maximum absolute atomic E-state index is 14.9. The van der Waals surface area contributed by atoms with Gasteiger partial charge >= 0.3 is 6.18 Å².